The fourth-order valence-corrected chi connectivity index (χ4v) is 6.37. The van der Waals surface area contributed by atoms with E-state index in [9.17, 15) is 9.18 Å². The molecule has 2 N–H and O–H groups in total. The monoisotopic (exact) mass is 520 g/mol. The average Bonchev–Trinajstić information content (AvgIpc) is 3.58. The lowest BCUT2D eigenvalue weighted by molar-refractivity contribution is 0.234. The number of rotatable bonds is 7. The van der Waals surface area contributed by atoms with Gasteiger partial charge in [-0.3, -0.25) is 0 Å². The zero-order valence-corrected chi connectivity index (χ0v) is 22.1. The lowest BCUT2D eigenvalue weighted by Crippen LogP contribution is -2.38. The smallest absolute Gasteiger partial charge is 0.315 e. The van der Waals surface area contributed by atoms with E-state index in [2.05, 4.69) is 29.7 Å². The third-order valence-corrected chi connectivity index (χ3v) is 8.25. The molecule has 5 nitrogen and oxygen atoms in total. The topological polar surface area (TPSA) is 59.0 Å². The minimum atomic E-state index is -0.243. The highest BCUT2D eigenvalue weighted by Gasteiger charge is 2.37. The maximum Gasteiger partial charge on any atom is 0.315 e. The average molecular weight is 521 g/mol. The molecule has 0 saturated heterocycles. The molecular weight excluding hydrogens is 487 g/mol. The standard InChI is InChI=1S/C33H33FN4O/c1-22-29-21-36-38(28-16-14-27(34)15-17-28)31(29)19-26-13-12-25(32(22)26)18-30(24-10-6-3-7-11-24)37-33(39)35-20-23-8-4-2-5-9-23/h2-11,14-17,21-22,25,30H,12-13,18-20H2,1H3,(H2,35,37,39)/t22-,25+,30?/m0/s1. The van der Waals surface area contributed by atoms with Crippen LogP contribution < -0.4 is 10.6 Å². The Morgan fingerprint density at radius 1 is 1.03 bits per heavy atom. The number of aromatic nitrogens is 2. The molecular formula is C33H33FN4O. The quantitative estimate of drug-likeness (QED) is 0.258. The van der Waals surface area contributed by atoms with Gasteiger partial charge in [-0.25, -0.2) is 13.9 Å². The van der Waals surface area contributed by atoms with E-state index in [0.29, 0.717) is 12.5 Å². The summed E-state index contributed by atoms with van der Waals surface area (Å²) in [4.78, 5) is 13.0. The van der Waals surface area contributed by atoms with Gasteiger partial charge in [0.25, 0.3) is 0 Å². The molecule has 1 heterocycles. The van der Waals surface area contributed by atoms with Crippen molar-refractivity contribution in [2.24, 2.45) is 5.92 Å². The highest BCUT2D eigenvalue weighted by atomic mass is 19.1. The maximum absolute atomic E-state index is 13.5. The van der Waals surface area contributed by atoms with Crippen LogP contribution in [0.2, 0.25) is 0 Å². The van der Waals surface area contributed by atoms with Gasteiger partial charge < -0.3 is 10.6 Å². The number of carbonyl (C=O) groups is 1. The fraction of sp³-hybridized carbons (Fsp3) is 0.273. The van der Waals surface area contributed by atoms with Crippen molar-refractivity contribution in [3.63, 3.8) is 0 Å². The molecule has 0 saturated carbocycles. The first-order chi connectivity index (χ1) is 19.1. The van der Waals surface area contributed by atoms with Crippen molar-refractivity contribution in [3.05, 3.63) is 130 Å². The number of nitrogens with zero attached hydrogens (tertiary/aromatic N) is 2. The molecule has 2 amide bonds. The summed E-state index contributed by atoms with van der Waals surface area (Å²) in [6.07, 6.45) is 5.84. The summed E-state index contributed by atoms with van der Waals surface area (Å²) < 4.78 is 15.5. The molecule has 0 bridgehead atoms. The molecule has 3 atom stereocenters. The molecule has 3 aromatic carbocycles. The van der Waals surface area contributed by atoms with E-state index in [1.54, 1.807) is 12.1 Å². The zero-order chi connectivity index (χ0) is 26.8. The fourth-order valence-electron chi connectivity index (χ4n) is 6.37. The van der Waals surface area contributed by atoms with Crippen LogP contribution in [0.15, 0.2) is 102 Å². The van der Waals surface area contributed by atoms with Crippen LogP contribution in [0.1, 0.15) is 60.5 Å². The van der Waals surface area contributed by atoms with Gasteiger partial charge in [-0.2, -0.15) is 5.10 Å². The van der Waals surface area contributed by atoms with Crippen molar-refractivity contribution in [2.45, 2.75) is 51.1 Å². The number of halogens is 1. The summed E-state index contributed by atoms with van der Waals surface area (Å²) in [5, 5.41) is 11.0. The van der Waals surface area contributed by atoms with Crippen LogP contribution in [-0.4, -0.2) is 15.8 Å². The van der Waals surface area contributed by atoms with E-state index in [-0.39, 0.29) is 23.8 Å². The molecule has 1 aromatic heterocycles. The third-order valence-electron chi connectivity index (χ3n) is 8.25. The Balaban J connectivity index is 1.20. The highest BCUT2D eigenvalue weighted by molar-refractivity contribution is 5.74. The predicted octanol–water partition coefficient (Wildman–Crippen LogP) is 7.01. The Hall–Kier alpha value is -4.19. The number of hydrogen-bond acceptors (Lipinski definition) is 2. The summed E-state index contributed by atoms with van der Waals surface area (Å²) in [5.74, 6) is 0.401. The molecule has 2 aliphatic carbocycles. The summed E-state index contributed by atoms with van der Waals surface area (Å²) in [7, 11) is 0. The lowest BCUT2D eigenvalue weighted by Gasteiger charge is -2.30. The van der Waals surface area contributed by atoms with E-state index in [1.807, 2.05) is 59.4 Å². The van der Waals surface area contributed by atoms with Crippen LogP contribution in [0.4, 0.5) is 9.18 Å². The number of urea groups is 1. The molecule has 2 aliphatic rings. The zero-order valence-electron chi connectivity index (χ0n) is 22.1. The maximum atomic E-state index is 13.5. The van der Waals surface area contributed by atoms with E-state index in [4.69, 9.17) is 5.10 Å². The second-order valence-corrected chi connectivity index (χ2v) is 10.6. The Bertz CT molecular complexity index is 1480. The van der Waals surface area contributed by atoms with E-state index in [1.165, 1.54) is 34.5 Å². The van der Waals surface area contributed by atoms with Crippen molar-refractivity contribution >= 4 is 6.03 Å². The first kappa shape index (κ1) is 25.1. The molecule has 6 heteroatoms. The van der Waals surface area contributed by atoms with Gasteiger partial charge >= 0.3 is 6.03 Å². The number of allylic oxidation sites excluding steroid dienone is 2. The lowest BCUT2D eigenvalue weighted by atomic mass is 9.78. The van der Waals surface area contributed by atoms with Crippen LogP contribution in [0.3, 0.4) is 0 Å². The number of nitrogens with one attached hydrogen (secondary N) is 2. The molecule has 0 spiro atoms. The SMILES string of the molecule is C[C@@H]1C2=C(CC[C@@H]2CC(NC(=O)NCc2ccccc2)c2ccccc2)Cc2c1cnn2-c1ccc(F)cc1. The van der Waals surface area contributed by atoms with Crippen LogP contribution in [-0.2, 0) is 13.0 Å². The predicted molar refractivity (Wildman–Crippen MR) is 151 cm³/mol. The van der Waals surface area contributed by atoms with Gasteiger partial charge in [-0.1, -0.05) is 78.7 Å². The minimum Gasteiger partial charge on any atom is -0.334 e. The normalized spacial score (nSPS) is 18.8. The number of amides is 2. The number of benzene rings is 3. The van der Waals surface area contributed by atoms with E-state index < -0.39 is 0 Å². The van der Waals surface area contributed by atoms with Crippen LogP contribution in [0, 0.1) is 11.7 Å². The van der Waals surface area contributed by atoms with Gasteiger partial charge in [0.05, 0.1) is 23.6 Å². The van der Waals surface area contributed by atoms with Gasteiger partial charge in [-0.15, -0.1) is 0 Å². The van der Waals surface area contributed by atoms with Crippen LogP contribution in [0.5, 0.6) is 0 Å². The Morgan fingerprint density at radius 3 is 2.49 bits per heavy atom. The highest BCUT2D eigenvalue weighted by Crippen LogP contribution is 2.49. The molecule has 0 aliphatic heterocycles. The molecule has 0 radical (unpaired) electrons. The number of hydrogen-bond donors (Lipinski definition) is 2. The van der Waals surface area contributed by atoms with Crippen molar-refractivity contribution in [1.29, 1.82) is 0 Å². The summed E-state index contributed by atoms with van der Waals surface area (Å²) in [6.45, 7) is 2.77. The van der Waals surface area contributed by atoms with E-state index >= 15 is 0 Å². The molecule has 6 rings (SSSR count). The van der Waals surface area contributed by atoms with Crippen LogP contribution >= 0.6 is 0 Å². The molecule has 1 unspecified atom stereocenters. The van der Waals surface area contributed by atoms with Gasteiger partial charge in [0.15, 0.2) is 0 Å². The van der Waals surface area contributed by atoms with Gasteiger partial charge in [0.1, 0.15) is 5.82 Å². The summed E-state index contributed by atoms with van der Waals surface area (Å²) in [6, 6.07) is 26.5. The van der Waals surface area contributed by atoms with Gasteiger partial charge in [0, 0.05) is 24.4 Å². The molecule has 4 aromatic rings. The number of fused-ring (bicyclic) bond motifs is 1. The van der Waals surface area contributed by atoms with Crippen molar-refractivity contribution in [3.8, 4) is 5.69 Å². The first-order valence-corrected chi connectivity index (χ1v) is 13.7. The minimum absolute atomic E-state index is 0.0886. The second kappa shape index (κ2) is 10.9. The van der Waals surface area contributed by atoms with E-state index in [0.717, 1.165) is 42.5 Å². The first-order valence-electron chi connectivity index (χ1n) is 13.7. The molecule has 39 heavy (non-hydrogen) atoms. The van der Waals surface area contributed by atoms with Gasteiger partial charge in [0.2, 0.25) is 0 Å². The molecule has 0 fully saturated rings. The summed E-state index contributed by atoms with van der Waals surface area (Å²) >= 11 is 0. The van der Waals surface area contributed by atoms with Crippen LogP contribution in [0.25, 0.3) is 5.69 Å². The second-order valence-electron chi connectivity index (χ2n) is 10.6. The molecule has 198 valence electrons. The third kappa shape index (κ3) is 5.24. The Kier molecular flexibility index (Phi) is 7.01. The Morgan fingerprint density at radius 2 is 1.74 bits per heavy atom. The van der Waals surface area contributed by atoms with Crippen molar-refractivity contribution in [2.75, 3.05) is 0 Å². The van der Waals surface area contributed by atoms with Gasteiger partial charge in [-0.05, 0) is 60.6 Å². The van der Waals surface area contributed by atoms with Crippen molar-refractivity contribution in [1.82, 2.24) is 20.4 Å². The van der Waals surface area contributed by atoms with Crippen molar-refractivity contribution < 1.29 is 9.18 Å². The number of carbonyl (C=O) groups excluding carboxylic acids is 1. The Labute approximate surface area is 228 Å². The largest absolute Gasteiger partial charge is 0.334 e. The summed E-state index contributed by atoms with van der Waals surface area (Å²) in [5.41, 5.74) is 8.52.